The molecule has 0 aromatic heterocycles. The molecule has 7 nitrogen and oxygen atoms in total. The third-order valence-electron chi connectivity index (χ3n) is 4.68. The largest absolute Gasteiger partial charge is 0.409 e. The minimum absolute atomic E-state index is 0.0100. The predicted octanol–water partition coefficient (Wildman–Crippen LogP) is 1.14. The minimum atomic E-state index is -3.63. The van der Waals surface area contributed by atoms with Crippen molar-refractivity contribution in [3.05, 3.63) is 0 Å². The van der Waals surface area contributed by atoms with E-state index in [1.807, 2.05) is 6.92 Å². The molecule has 1 aliphatic heterocycles. The van der Waals surface area contributed by atoms with Gasteiger partial charge in [0.05, 0.1) is 5.54 Å². The number of hydrogen-bond donors (Lipinski definition) is 3. The Balaban J connectivity index is 2.22. The SMILES string of the molecule is CC1CCCCN1S(=O)(=O)NC1(/C(N)=N/O)CCCCC1. The Hall–Kier alpha value is -0.860. The van der Waals surface area contributed by atoms with E-state index in [1.54, 1.807) is 0 Å². The lowest BCUT2D eigenvalue weighted by molar-refractivity contribution is 0.253. The number of nitrogens with one attached hydrogen (secondary N) is 1. The molecule has 1 saturated carbocycles. The van der Waals surface area contributed by atoms with Crippen molar-refractivity contribution in [2.45, 2.75) is 69.9 Å². The molecule has 0 aromatic carbocycles. The fourth-order valence-corrected chi connectivity index (χ4v) is 5.26. The highest BCUT2D eigenvalue weighted by atomic mass is 32.2. The van der Waals surface area contributed by atoms with Gasteiger partial charge in [0.2, 0.25) is 0 Å². The van der Waals surface area contributed by atoms with Crippen LogP contribution in [0.4, 0.5) is 0 Å². The molecule has 8 heteroatoms. The van der Waals surface area contributed by atoms with Crippen LogP contribution in [-0.4, -0.2) is 41.9 Å². The van der Waals surface area contributed by atoms with Gasteiger partial charge >= 0.3 is 0 Å². The van der Waals surface area contributed by atoms with Crippen LogP contribution in [0.25, 0.3) is 0 Å². The van der Waals surface area contributed by atoms with Crippen molar-refractivity contribution < 1.29 is 13.6 Å². The lowest BCUT2D eigenvalue weighted by Crippen LogP contribution is -2.62. The molecule has 4 N–H and O–H groups in total. The quantitative estimate of drug-likeness (QED) is 0.313. The summed E-state index contributed by atoms with van der Waals surface area (Å²) < 4.78 is 29.7. The highest BCUT2D eigenvalue weighted by Gasteiger charge is 2.43. The molecule has 1 heterocycles. The summed E-state index contributed by atoms with van der Waals surface area (Å²) in [4.78, 5) is 0. The Kier molecular flexibility index (Phi) is 5.11. The number of rotatable bonds is 4. The molecule has 0 radical (unpaired) electrons. The minimum Gasteiger partial charge on any atom is -0.409 e. The van der Waals surface area contributed by atoms with Gasteiger partial charge in [0, 0.05) is 12.6 Å². The number of oxime groups is 1. The van der Waals surface area contributed by atoms with Gasteiger partial charge in [-0.3, -0.25) is 0 Å². The second kappa shape index (κ2) is 6.50. The third-order valence-corrected chi connectivity index (χ3v) is 6.49. The zero-order valence-corrected chi connectivity index (χ0v) is 13.4. The summed E-state index contributed by atoms with van der Waals surface area (Å²) >= 11 is 0. The Morgan fingerprint density at radius 1 is 1.29 bits per heavy atom. The maximum absolute atomic E-state index is 12.7. The Labute approximate surface area is 126 Å². The van der Waals surface area contributed by atoms with Gasteiger partial charge in [-0.1, -0.05) is 30.8 Å². The molecule has 1 aliphatic carbocycles. The van der Waals surface area contributed by atoms with Crippen molar-refractivity contribution in [3.63, 3.8) is 0 Å². The number of nitrogens with two attached hydrogens (primary N) is 1. The topological polar surface area (TPSA) is 108 Å². The highest BCUT2D eigenvalue weighted by molar-refractivity contribution is 7.87. The van der Waals surface area contributed by atoms with E-state index in [9.17, 15) is 8.42 Å². The molecule has 0 amide bonds. The maximum Gasteiger partial charge on any atom is 0.280 e. The van der Waals surface area contributed by atoms with E-state index < -0.39 is 15.7 Å². The van der Waals surface area contributed by atoms with E-state index in [0.717, 1.165) is 38.5 Å². The smallest absolute Gasteiger partial charge is 0.280 e. The summed E-state index contributed by atoms with van der Waals surface area (Å²) in [5, 5.41) is 12.1. The molecule has 2 aliphatic rings. The van der Waals surface area contributed by atoms with Crippen molar-refractivity contribution in [1.82, 2.24) is 9.03 Å². The summed E-state index contributed by atoms with van der Waals surface area (Å²) in [5.74, 6) is -0.0320. The molecule has 21 heavy (non-hydrogen) atoms. The summed E-state index contributed by atoms with van der Waals surface area (Å²) in [6.07, 6.45) is 6.73. The van der Waals surface area contributed by atoms with Gasteiger partial charge in [-0.15, -0.1) is 0 Å². The van der Waals surface area contributed by atoms with Crippen LogP contribution in [-0.2, 0) is 10.2 Å². The van der Waals surface area contributed by atoms with Crippen LogP contribution in [0, 0.1) is 0 Å². The van der Waals surface area contributed by atoms with E-state index in [4.69, 9.17) is 10.9 Å². The molecule has 0 bridgehead atoms. The third kappa shape index (κ3) is 3.49. The summed E-state index contributed by atoms with van der Waals surface area (Å²) in [6.45, 7) is 2.46. The van der Waals surface area contributed by atoms with Gasteiger partial charge < -0.3 is 10.9 Å². The number of hydrogen-bond acceptors (Lipinski definition) is 4. The van der Waals surface area contributed by atoms with Crippen molar-refractivity contribution in [1.29, 1.82) is 0 Å². The average Bonchev–Trinajstić information content (AvgIpc) is 2.47. The highest BCUT2D eigenvalue weighted by Crippen LogP contribution is 2.30. The first-order chi connectivity index (χ1) is 9.91. The van der Waals surface area contributed by atoms with Crippen LogP contribution >= 0.6 is 0 Å². The van der Waals surface area contributed by atoms with Gasteiger partial charge in [-0.2, -0.15) is 17.4 Å². The van der Waals surface area contributed by atoms with Crippen LogP contribution in [0.1, 0.15) is 58.3 Å². The van der Waals surface area contributed by atoms with Gasteiger partial charge in [0.25, 0.3) is 10.2 Å². The van der Waals surface area contributed by atoms with E-state index in [0.29, 0.717) is 19.4 Å². The van der Waals surface area contributed by atoms with Crippen LogP contribution in [0.5, 0.6) is 0 Å². The average molecular weight is 318 g/mol. The first kappa shape index (κ1) is 16.5. The van der Waals surface area contributed by atoms with Crippen LogP contribution < -0.4 is 10.5 Å². The fraction of sp³-hybridized carbons (Fsp3) is 0.923. The normalized spacial score (nSPS) is 28.4. The lowest BCUT2D eigenvalue weighted by atomic mass is 9.82. The summed E-state index contributed by atoms with van der Waals surface area (Å²) in [6, 6.07) is -0.0100. The van der Waals surface area contributed by atoms with Crippen molar-refractivity contribution in [2.75, 3.05) is 6.54 Å². The number of piperidine rings is 1. The Bertz CT molecular complexity index is 486. The van der Waals surface area contributed by atoms with E-state index >= 15 is 0 Å². The molecule has 1 atom stereocenters. The molecule has 2 fully saturated rings. The molecule has 1 saturated heterocycles. The van der Waals surface area contributed by atoms with Gasteiger partial charge in [-0.05, 0) is 32.6 Å². The predicted molar refractivity (Wildman–Crippen MR) is 81.3 cm³/mol. The molecule has 2 rings (SSSR count). The van der Waals surface area contributed by atoms with E-state index in [2.05, 4.69) is 9.88 Å². The van der Waals surface area contributed by atoms with E-state index in [1.165, 1.54) is 4.31 Å². The maximum atomic E-state index is 12.7. The monoisotopic (exact) mass is 318 g/mol. The fourth-order valence-electron chi connectivity index (χ4n) is 3.40. The molecular formula is C13H26N4O3S. The van der Waals surface area contributed by atoms with Crippen molar-refractivity contribution in [2.24, 2.45) is 10.9 Å². The van der Waals surface area contributed by atoms with Gasteiger partial charge in [-0.25, -0.2) is 0 Å². The van der Waals surface area contributed by atoms with Gasteiger partial charge in [0.15, 0.2) is 5.84 Å². The first-order valence-corrected chi connectivity index (χ1v) is 9.14. The van der Waals surface area contributed by atoms with E-state index in [-0.39, 0.29) is 11.9 Å². The number of nitrogens with zero attached hydrogens (tertiary/aromatic N) is 2. The molecule has 0 aromatic rings. The molecule has 1 unspecified atom stereocenters. The summed E-state index contributed by atoms with van der Waals surface area (Å²) in [5.41, 5.74) is 4.87. The Morgan fingerprint density at radius 2 is 1.95 bits per heavy atom. The zero-order chi connectivity index (χ0) is 15.5. The Morgan fingerprint density at radius 3 is 2.52 bits per heavy atom. The molecular weight excluding hydrogens is 292 g/mol. The van der Waals surface area contributed by atoms with Gasteiger partial charge in [0.1, 0.15) is 0 Å². The van der Waals surface area contributed by atoms with Crippen LogP contribution in [0.3, 0.4) is 0 Å². The summed E-state index contributed by atoms with van der Waals surface area (Å²) in [7, 11) is -3.63. The molecule has 122 valence electrons. The van der Waals surface area contributed by atoms with Crippen molar-refractivity contribution >= 4 is 16.0 Å². The number of amidine groups is 1. The first-order valence-electron chi connectivity index (χ1n) is 7.70. The van der Waals surface area contributed by atoms with Crippen molar-refractivity contribution in [3.8, 4) is 0 Å². The second-order valence-electron chi connectivity index (χ2n) is 6.19. The van der Waals surface area contributed by atoms with Crippen LogP contribution in [0.15, 0.2) is 5.16 Å². The molecule has 0 spiro atoms. The lowest BCUT2D eigenvalue weighted by Gasteiger charge is -2.40. The zero-order valence-electron chi connectivity index (χ0n) is 12.6. The standard InChI is InChI=1S/C13H26N4O3S/c1-11-7-3-6-10-17(11)21(19,20)16-13(12(14)15-18)8-4-2-5-9-13/h11,16,18H,2-10H2,1H3,(H2,14,15). The second-order valence-corrected chi connectivity index (χ2v) is 7.81. The van der Waals surface area contributed by atoms with Crippen LogP contribution in [0.2, 0.25) is 0 Å².